The van der Waals surface area contributed by atoms with E-state index >= 15 is 0 Å². The zero-order valence-electron chi connectivity index (χ0n) is 11.9. The van der Waals surface area contributed by atoms with E-state index in [2.05, 4.69) is 40.3 Å². The lowest BCUT2D eigenvalue weighted by Gasteiger charge is -2.15. The number of hydrogen-bond acceptors (Lipinski definition) is 3. The van der Waals surface area contributed by atoms with Crippen molar-refractivity contribution in [1.82, 2.24) is 5.32 Å². The number of ether oxygens (including phenoxy) is 1. The summed E-state index contributed by atoms with van der Waals surface area (Å²) >= 11 is 3.50. The van der Waals surface area contributed by atoms with Gasteiger partial charge in [0, 0.05) is 0 Å². The molecule has 1 unspecified atom stereocenters. The number of hydrogen-bond donors (Lipinski definition) is 1. The van der Waals surface area contributed by atoms with Crippen LogP contribution in [-0.4, -0.2) is 13.7 Å². The van der Waals surface area contributed by atoms with Crippen molar-refractivity contribution >= 4 is 15.9 Å². The molecule has 0 aliphatic heterocycles. The number of unbranched alkanes of at least 4 members (excludes halogenated alkanes) is 1. The summed E-state index contributed by atoms with van der Waals surface area (Å²) in [5.74, 6) is 1.79. The summed E-state index contributed by atoms with van der Waals surface area (Å²) in [7, 11) is 1.92. The molecule has 4 heteroatoms. The highest BCUT2D eigenvalue weighted by atomic mass is 79.9. The Morgan fingerprint density at radius 1 is 1.25 bits per heavy atom. The molecule has 1 aromatic carbocycles. The minimum atomic E-state index is 0.0315. The maximum Gasteiger partial charge on any atom is 0.139 e. The second-order valence-electron chi connectivity index (χ2n) is 4.63. The molecule has 0 fully saturated rings. The number of rotatable bonds is 7. The first kappa shape index (κ1) is 15.1. The molecular formula is C16H20BrNO2. The van der Waals surface area contributed by atoms with Gasteiger partial charge in [0.15, 0.2) is 0 Å². The fourth-order valence-electron chi connectivity index (χ4n) is 2.05. The molecule has 108 valence electrons. The van der Waals surface area contributed by atoms with Gasteiger partial charge >= 0.3 is 0 Å². The highest BCUT2D eigenvalue weighted by molar-refractivity contribution is 9.10. The highest BCUT2D eigenvalue weighted by Gasteiger charge is 2.18. The Hall–Kier alpha value is -1.26. The number of furan rings is 1. The van der Waals surface area contributed by atoms with Gasteiger partial charge in [0.2, 0.25) is 0 Å². The molecule has 0 spiro atoms. The van der Waals surface area contributed by atoms with Gasteiger partial charge in [-0.3, -0.25) is 0 Å². The Labute approximate surface area is 128 Å². The summed E-state index contributed by atoms with van der Waals surface area (Å²) in [6.07, 6.45) is 3.92. The first-order valence-electron chi connectivity index (χ1n) is 6.89. The van der Waals surface area contributed by atoms with E-state index in [0.717, 1.165) is 41.0 Å². The standard InChI is InChI=1S/C16H20BrNO2/c1-3-4-10-19-13-7-5-12(6-8-13)15(18-2)16-14(17)9-11-20-16/h5-9,11,15,18H,3-4,10H2,1-2H3. The van der Waals surface area contributed by atoms with Crippen molar-refractivity contribution in [3.8, 4) is 5.75 Å². The summed E-state index contributed by atoms with van der Waals surface area (Å²) in [5.41, 5.74) is 1.14. The summed E-state index contributed by atoms with van der Waals surface area (Å²) in [5, 5.41) is 3.27. The molecule has 2 rings (SSSR count). The van der Waals surface area contributed by atoms with Crippen molar-refractivity contribution in [3.05, 3.63) is 52.4 Å². The van der Waals surface area contributed by atoms with Gasteiger partial charge in [-0.15, -0.1) is 0 Å². The third kappa shape index (κ3) is 3.64. The molecule has 0 bridgehead atoms. The van der Waals surface area contributed by atoms with Crippen LogP contribution in [0.4, 0.5) is 0 Å². The lowest BCUT2D eigenvalue weighted by atomic mass is 10.0. The van der Waals surface area contributed by atoms with Crippen molar-refractivity contribution in [1.29, 1.82) is 0 Å². The maximum absolute atomic E-state index is 5.68. The van der Waals surface area contributed by atoms with Crippen molar-refractivity contribution in [2.45, 2.75) is 25.8 Å². The Morgan fingerprint density at radius 3 is 2.55 bits per heavy atom. The molecule has 0 aliphatic carbocycles. The Bertz CT molecular complexity index is 522. The molecule has 20 heavy (non-hydrogen) atoms. The molecule has 0 radical (unpaired) electrons. The van der Waals surface area contributed by atoms with Gasteiger partial charge in [-0.05, 0) is 53.2 Å². The summed E-state index contributed by atoms with van der Waals surface area (Å²) in [6, 6.07) is 10.1. The minimum absolute atomic E-state index is 0.0315. The van der Waals surface area contributed by atoms with Gasteiger partial charge < -0.3 is 14.5 Å². The van der Waals surface area contributed by atoms with E-state index in [9.17, 15) is 0 Å². The fraction of sp³-hybridized carbons (Fsp3) is 0.375. The van der Waals surface area contributed by atoms with Crippen LogP contribution in [-0.2, 0) is 0 Å². The Morgan fingerprint density at radius 2 is 2.00 bits per heavy atom. The monoisotopic (exact) mass is 337 g/mol. The number of nitrogens with one attached hydrogen (secondary N) is 1. The Kier molecular flexibility index (Phi) is 5.68. The van der Waals surface area contributed by atoms with Crippen LogP contribution < -0.4 is 10.1 Å². The van der Waals surface area contributed by atoms with E-state index in [1.165, 1.54) is 0 Å². The van der Waals surface area contributed by atoms with Crippen molar-refractivity contribution < 1.29 is 9.15 Å². The van der Waals surface area contributed by atoms with Crippen LogP contribution in [0.3, 0.4) is 0 Å². The smallest absolute Gasteiger partial charge is 0.139 e. The molecular weight excluding hydrogens is 318 g/mol. The second-order valence-corrected chi connectivity index (χ2v) is 5.48. The van der Waals surface area contributed by atoms with Crippen LogP contribution in [0.5, 0.6) is 5.75 Å². The summed E-state index contributed by atoms with van der Waals surface area (Å²) in [6.45, 7) is 2.93. The lowest BCUT2D eigenvalue weighted by Crippen LogP contribution is -2.17. The van der Waals surface area contributed by atoms with Crippen LogP contribution >= 0.6 is 15.9 Å². The van der Waals surface area contributed by atoms with Crippen LogP contribution in [0.15, 0.2) is 45.5 Å². The molecule has 1 atom stereocenters. The molecule has 3 nitrogen and oxygen atoms in total. The van der Waals surface area contributed by atoms with Crippen LogP contribution in [0.1, 0.15) is 37.1 Å². The lowest BCUT2D eigenvalue weighted by molar-refractivity contribution is 0.309. The van der Waals surface area contributed by atoms with Gasteiger partial charge in [0.05, 0.1) is 23.4 Å². The predicted molar refractivity (Wildman–Crippen MR) is 84.2 cm³/mol. The van der Waals surface area contributed by atoms with E-state index in [-0.39, 0.29) is 6.04 Å². The van der Waals surface area contributed by atoms with Crippen molar-refractivity contribution in [2.75, 3.05) is 13.7 Å². The van der Waals surface area contributed by atoms with E-state index in [1.54, 1.807) is 6.26 Å². The first-order valence-corrected chi connectivity index (χ1v) is 7.68. The fourth-order valence-corrected chi connectivity index (χ4v) is 2.48. The van der Waals surface area contributed by atoms with Gasteiger partial charge in [0.1, 0.15) is 11.5 Å². The zero-order valence-corrected chi connectivity index (χ0v) is 13.4. The van der Waals surface area contributed by atoms with Gasteiger partial charge in [0.25, 0.3) is 0 Å². The largest absolute Gasteiger partial charge is 0.494 e. The quantitative estimate of drug-likeness (QED) is 0.753. The highest BCUT2D eigenvalue weighted by Crippen LogP contribution is 2.30. The molecule has 1 aromatic heterocycles. The third-order valence-electron chi connectivity index (χ3n) is 3.18. The van der Waals surface area contributed by atoms with E-state index in [1.807, 2.05) is 25.2 Å². The van der Waals surface area contributed by atoms with Gasteiger partial charge in [-0.25, -0.2) is 0 Å². The third-order valence-corrected chi connectivity index (χ3v) is 3.83. The van der Waals surface area contributed by atoms with Crippen molar-refractivity contribution in [2.24, 2.45) is 0 Å². The van der Waals surface area contributed by atoms with E-state index in [0.29, 0.717) is 0 Å². The molecule has 2 aromatic rings. The molecule has 0 saturated carbocycles. The molecule has 0 aliphatic rings. The topological polar surface area (TPSA) is 34.4 Å². The Balaban J connectivity index is 2.10. The van der Waals surface area contributed by atoms with E-state index in [4.69, 9.17) is 9.15 Å². The summed E-state index contributed by atoms with van der Waals surface area (Å²) in [4.78, 5) is 0. The van der Waals surface area contributed by atoms with Gasteiger partial charge in [-0.2, -0.15) is 0 Å². The average molecular weight is 338 g/mol. The summed E-state index contributed by atoms with van der Waals surface area (Å²) < 4.78 is 12.2. The van der Waals surface area contributed by atoms with Gasteiger partial charge in [-0.1, -0.05) is 25.5 Å². The molecule has 1 heterocycles. The van der Waals surface area contributed by atoms with Crippen LogP contribution in [0.25, 0.3) is 0 Å². The van der Waals surface area contributed by atoms with E-state index < -0.39 is 0 Å². The number of halogens is 1. The second kappa shape index (κ2) is 7.50. The van der Waals surface area contributed by atoms with Crippen LogP contribution in [0, 0.1) is 0 Å². The average Bonchev–Trinajstić information content (AvgIpc) is 2.88. The molecule has 0 saturated heterocycles. The SMILES string of the molecule is CCCCOc1ccc(C(NC)c2occc2Br)cc1. The normalized spacial score (nSPS) is 12.3. The predicted octanol–water partition coefficient (Wildman–Crippen LogP) is 4.53. The first-order chi connectivity index (χ1) is 9.76. The minimum Gasteiger partial charge on any atom is -0.494 e. The maximum atomic E-state index is 5.68. The molecule has 0 amide bonds. The van der Waals surface area contributed by atoms with Crippen molar-refractivity contribution in [3.63, 3.8) is 0 Å². The zero-order chi connectivity index (χ0) is 14.4. The molecule has 1 N–H and O–H groups in total. The number of benzene rings is 1. The van der Waals surface area contributed by atoms with Crippen LogP contribution in [0.2, 0.25) is 0 Å².